The van der Waals surface area contributed by atoms with Crippen molar-refractivity contribution in [2.24, 2.45) is 5.41 Å². The summed E-state index contributed by atoms with van der Waals surface area (Å²) in [5.74, 6) is 0. The summed E-state index contributed by atoms with van der Waals surface area (Å²) in [5, 5.41) is 6.31. The molecule has 0 radical (unpaired) electrons. The Morgan fingerprint density at radius 3 is 2.40 bits per heavy atom. The Morgan fingerprint density at radius 1 is 1.15 bits per heavy atom. The fraction of sp³-hybridized carbons (Fsp3) is 0.938. The van der Waals surface area contributed by atoms with Crippen LogP contribution in [0.2, 0.25) is 0 Å². The van der Waals surface area contributed by atoms with Gasteiger partial charge in [0.15, 0.2) is 0 Å². The molecular weight excluding hydrogens is 252 g/mol. The van der Waals surface area contributed by atoms with Crippen molar-refractivity contribution in [3.05, 3.63) is 0 Å². The summed E-state index contributed by atoms with van der Waals surface area (Å²) in [6.07, 6.45) is 7.45. The van der Waals surface area contributed by atoms with Crippen molar-refractivity contribution in [1.29, 1.82) is 0 Å². The standard InChI is InChI=1S/C16H32N2O2/c1-15(2,3)20-14(19)18-12-8-11-17-13-16(4)9-6-5-7-10-16/h17H,5-13H2,1-4H3,(H,18,19). The van der Waals surface area contributed by atoms with Crippen LogP contribution in [0.15, 0.2) is 0 Å². The minimum Gasteiger partial charge on any atom is -0.444 e. The predicted molar refractivity (Wildman–Crippen MR) is 82.9 cm³/mol. The molecule has 0 atom stereocenters. The molecule has 1 fully saturated rings. The minimum atomic E-state index is -0.419. The van der Waals surface area contributed by atoms with Gasteiger partial charge in [-0.3, -0.25) is 0 Å². The third kappa shape index (κ3) is 7.73. The normalized spacial score (nSPS) is 18.6. The van der Waals surface area contributed by atoms with E-state index in [1.807, 2.05) is 20.8 Å². The fourth-order valence-corrected chi connectivity index (χ4v) is 2.69. The lowest BCUT2D eigenvalue weighted by Crippen LogP contribution is -2.36. The van der Waals surface area contributed by atoms with E-state index in [9.17, 15) is 4.79 Å². The van der Waals surface area contributed by atoms with E-state index in [1.165, 1.54) is 32.1 Å². The Morgan fingerprint density at radius 2 is 1.80 bits per heavy atom. The van der Waals surface area contributed by atoms with Crippen LogP contribution < -0.4 is 10.6 Å². The highest BCUT2D eigenvalue weighted by atomic mass is 16.6. The molecule has 4 heteroatoms. The third-order valence-electron chi connectivity index (χ3n) is 3.81. The Labute approximate surface area is 124 Å². The van der Waals surface area contributed by atoms with Crippen LogP contribution in [0.3, 0.4) is 0 Å². The first-order valence-corrected chi connectivity index (χ1v) is 7.98. The molecule has 0 aromatic carbocycles. The molecule has 1 aliphatic carbocycles. The molecule has 0 aromatic rings. The number of hydrogen-bond donors (Lipinski definition) is 2. The SMILES string of the molecule is CC1(CNCCCNC(=O)OC(C)(C)C)CCCCC1. The van der Waals surface area contributed by atoms with Gasteiger partial charge in [0, 0.05) is 13.1 Å². The molecule has 1 aliphatic rings. The lowest BCUT2D eigenvalue weighted by atomic mass is 9.76. The van der Waals surface area contributed by atoms with Crippen molar-refractivity contribution < 1.29 is 9.53 Å². The van der Waals surface area contributed by atoms with Crippen LogP contribution in [0, 0.1) is 5.41 Å². The summed E-state index contributed by atoms with van der Waals surface area (Å²) >= 11 is 0. The molecular formula is C16H32N2O2. The van der Waals surface area contributed by atoms with Gasteiger partial charge in [-0.1, -0.05) is 26.2 Å². The zero-order chi connectivity index (χ0) is 15.1. The summed E-state index contributed by atoms with van der Waals surface area (Å²) < 4.78 is 5.18. The predicted octanol–water partition coefficient (Wildman–Crippen LogP) is 3.46. The molecule has 0 spiro atoms. The second kappa shape index (κ2) is 7.87. The summed E-state index contributed by atoms with van der Waals surface area (Å²) in [7, 11) is 0. The smallest absolute Gasteiger partial charge is 0.407 e. The van der Waals surface area contributed by atoms with Gasteiger partial charge in [-0.25, -0.2) is 4.79 Å². The number of hydrogen-bond acceptors (Lipinski definition) is 3. The van der Waals surface area contributed by atoms with E-state index in [-0.39, 0.29) is 6.09 Å². The van der Waals surface area contributed by atoms with Crippen molar-refractivity contribution in [2.45, 2.75) is 71.8 Å². The highest BCUT2D eigenvalue weighted by molar-refractivity contribution is 5.67. The summed E-state index contributed by atoms with van der Waals surface area (Å²) in [5.41, 5.74) is 0.0642. The van der Waals surface area contributed by atoms with E-state index in [2.05, 4.69) is 17.6 Å². The van der Waals surface area contributed by atoms with Gasteiger partial charge in [-0.05, 0) is 52.0 Å². The third-order valence-corrected chi connectivity index (χ3v) is 3.81. The highest BCUT2D eigenvalue weighted by Gasteiger charge is 2.25. The molecule has 4 nitrogen and oxygen atoms in total. The van der Waals surface area contributed by atoms with Gasteiger partial charge >= 0.3 is 6.09 Å². The summed E-state index contributed by atoms with van der Waals surface area (Å²) in [4.78, 5) is 11.4. The monoisotopic (exact) mass is 284 g/mol. The fourth-order valence-electron chi connectivity index (χ4n) is 2.69. The zero-order valence-electron chi connectivity index (χ0n) is 13.7. The van der Waals surface area contributed by atoms with E-state index in [1.54, 1.807) is 0 Å². The van der Waals surface area contributed by atoms with Crippen molar-refractivity contribution in [3.63, 3.8) is 0 Å². The summed E-state index contributed by atoms with van der Waals surface area (Å²) in [6.45, 7) is 10.7. The summed E-state index contributed by atoms with van der Waals surface area (Å²) in [6, 6.07) is 0. The molecule has 2 N–H and O–H groups in total. The Bertz CT molecular complexity index is 291. The second-order valence-corrected chi connectivity index (χ2v) is 7.33. The van der Waals surface area contributed by atoms with Crippen molar-refractivity contribution in [2.75, 3.05) is 19.6 Å². The Balaban J connectivity index is 2.01. The van der Waals surface area contributed by atoms with E-state index in [0.29, 0.717) is 12.0 Å². The van der Waals surface area contributed by atoms with Gasteiger partial charge in [-0.15, -0.1) is 0 Å². The zero-order valence-corrected chi connectivity index (χ0v) is 13.7. The minimum absolute atomic E-state index is 0.322. The van der Waals surface area contributed by atoms with E-state index in [0.717, 1.165) is 19.5 Å². The number of alkyl carbamates (subject to hydrolysis) is 1. The number of amides is 1. The maximum atomic E-state index is 11.4. The number of ether oxygens (including phenoxy) is 1. The van der Waals surface area contributed by atoms with Gasteiger partial charge in [0.05, 0.1) is 0 Å². The highest BCUT2D eigenvalue weighted by Crippen LogP contribution is 2.34. The molecule has 0 saturated heterocycles. The van der Waals surface area contributed by atoms with Crippen LogP contribution in [0.1, 0.15) is 66.2 Å². The average Bonchev–Trinajstić information content (AvgIpc) is 2.32. The molecule has 1 saturated carbocycles. The molecule has 0 bridgehead atoms. The van der Waals surface area contributed by atoms with Crippen molar-refractivity contribution >= 4 is 6.09 Å². The Kier molecular flexibility index (Phi) is 6.80. The molecule has 0 aliphatic heterocycles. The lowest BCUT2D eigenvalue weighted by Gasteiger charge is -2.33. The van der Waals surface area contributed by atoms with Crippen molar-refractivity contribution in [1.82, 2.24) is 10.6 Å². The molecule has 0 unspecified atom stereocenters. The van der Waals surface area contributed by atoms with Crippen LogP contribution in [-0.4, -0.2) is 31.3 Å². The molecule has 1 amide bonds. The number of nitrogens with one attached hydrogen (secondary N) is 2. The van der Waals surface area contributed by atoms with Gasteiger partial charge in [-0.2, -0.15) is 0 Å². The van der Waals surface area contributed by atoms with Crippen LogP contribution in [0.25, 0.3) is 0 Å². The maximum absolute atomic E-state index is 11.4. The van der Waals surface area contributed by atoms with E-state index < -0.39 is 5.60 Å². The van der Waals surface area contributed by atoms with Gasteiger partial charge in [0.1, 0.15) is 5.60 Å². The molecule has 1 rings (SSSR count). The first-order chi connectivity index (χ1) is 9.31. The van der Waals surface area contributed by atoms with E-state index >= 15 is 0 Å². The molecule has 118 valence electrons. The second-order valence-electron chi connectivity index (χ2n) is 7.33. The Hall–Kier alpha value is -0.770. The lowest BCUT2D eigenvalue weighted by molar-refractivity contribution is 0.0527. The first-order valence-electron chi connectivity index (χ1n) is 7.98. The number of carbonyl (C=O) groups is 1. The molecule has 0 aromatic heterocycles. The number of rotatable bonds is 6. The van der Waals surface area contributed by atoms with Crippen molar-refractivity contribution in [3.8, 4) is 0 Å². The van der Waals surface area contributed by atoms with Gasteiger partial charge in [0.2, 0.25) is 0 Å². The van der Waals surface area contributed by atoms with Crippen LogP contribution in [0.5, 0.6) is 0 Å². The average molecular weight is 284 g/mol. The van der Waals surface area contributed by atoms with E-state index in [4.69, 9.17) is 4.74 Å². The maximum Gasteiger partial charge on any atom is 0.407 e. The molecule has 20 heavy (non-hydrogen) atoms. The van der Waals surface area contributed by atoms with Crippen LogP contribution in [0.4, 0.5) is 4.79 Å². The van der Waals surface area contributed by atoms with Gasteiger partial charge < -0.3 is 15.4 Å². The topological polar surface area (TPSA) is 50.4 Å². The van der Waals surface area contributed by atoms with Crippen LogP contribution in [-0.2, 0) is 4.74 Å². The largest absolute Gasteiger partial charge is 0.444 e. The quantitative estimate of drug-likeness (QED) is 0.734. The molecule has 0 heterocycles. The van der Waals surface area contributed by atoms with Crippen LogP contribution >= 0.6 is 0 Å². The number of carbonyl (C=O) groups excluding carboxylic acids is 1. The van der Waals surface area contributed by atoms with Gasteiger partial charge in [0.25, 0.3) is 0 Å². The first kappa shape index (κ1) is 17.3.